The monoisotopic (exact) mass is 249 g/mol. The molecule has 0 aromatic carbocycles. The Morgan fingerprint density at radius 3 is 2.62 bits per heavy atom. The van der Waals surface area contributed by atoms with Crippen LogP contribution in [0.25, 0.3) is 0 Å². The summed E-state index contributed by atoms with van der Waals surface area (Å²) in [5.41, 5.74) is -0.0508. The molecule has 1 heterocycles. The molecule has 0 amide bonds. The van der Waals surface area contributed by atoms with Crippen molar-refractivity contribution in [3.63, 3.8) is 0 Å². The zero-order valence-corrected chi connectivity index (χ0v) is 11.3. The van der Waals surface area contributed by atoms with Crippen molar-refractivity contribution in [2.24, 2.45) is 0 Å². The van der Waals surface area contributed by atoms with Crippen LogP contribution in [0.15, 0.2) is 0 Å². The maximum atomic E-state index is 11.6. The highest BCUT2D eigenvalue weighted by atomic mass is 32.2. The second-order valence-electron chi connectivity index (χ2n) is 5.06. The van der Waals surface area contributed by atoms with Crippen LogP contribution in [0.2, 0.25) is 0 Å². The second kappa shape index (κ2) is 5.47. The van der Waals surface area contributed by atoms with Crippen molar-refractivity contribution >= 4 is 9.84 Å². The maximum absolute atomic E-state index is 11.6. The van der Waals surface area contributed by atoms with E-state index in [0.29, 0.717) is 13.2 Å². The van der Waals surface area contributed by atoms with Crippen molar-refractivity contribution in [1.82, 2.24) is 5.32 Å². The van der Waals surface area contributed by atoms with Gasteiger partial charge in [-0.3, -0.25) is 0 Å². The SMILES string of the molecule is CC(C)S(=O)(=O)CCNC1(C)CCCOC1. The molecule has 0 aromatic heterocycles. The highest BCUT2D eigenvalue weighted by Crippen LogP contribution is 2.17. The molecule has 1 N–H and O–H groups in total. The normalized spacial score (nSPS) is 27.2. The van der Waals surface area contributed by atoms with Gasteiger partial charge in [0.1, 0.15) is 0 Å². The topological polar surface area (TPSA) is 55.4 Å². The molecule has 0 bridgehead atoms. The summed E-state index contributed by atoms with van der Waals surface area (Å²) in [7, 11) is -2.93. The number of hydrogen-bond acceptors (Lipinski definition) is 4. The molecule has 0 aromatic rings. The molecule has 1 saturated heterocycles. The van der Waals surface area contributed by atoms with Crippen molar-refractivity contribution in [2.45, 2.75) is 44.4 Å². The molecule has 1 aliphatic rings. The van der Waals surface area contributed by atoms with E-state index in [4.69, 9.17) is 4.74 Å². The van der Waals surface area contributed by atoms with Gasteiger partial charge in [-0.1, -0.05) is 0 Å². The van der Waals surface area contributed by atoms with Gasteiger partial charge in [0.15, 0.2) is 9.84 Å². The minimum absolute atomic E-state index is 0.0508. The van der Waals surface area contributed by atoms with E-state index in [0.717, 1.165) is 19.4 Å². The van der Waals surface area contributed by atoms with Crippen molar-refractivity contribution in [1.29, 1.82) is 0 Å². The molecule has 1 fully saturated rings. The van der Waals surface area contributed by atoms with Gasteiger partial charge >= 0.3 is 0 Å². The summed E-state index contributed by atoms with van der Waals surface area (Å²) >= 11 is 0. The maximum Gasteiger partial charge on any atom is 0.153 e. The van der Waals surface area contributed by atoms with E-state index in [1.54, 1.807) is 13.8 Å². The van der Waals surface area contributed by atoms with Gasteiger partial charge in [-0.25, -0.2) is 8.42 Å². The van der Waals surface area contributed by atoms with E-state index in [9.17, 15) is 8.42 Å². The predicted octanol–water partition coefficient (Wildman–Crippen LogP) is 0.968. The van der Waals surface area contributed by atoms with Crippen molar-refractivity contribution < 1.29 is 13.2 Å². The first-order valence-corrected chi connectivity index (χ1v) is 7.62. The van der Waals surface area contributed by atoms with Crippen LogP contribution in [0.5, 0.6) is 0 Å². The van der Waals surface area contributed by atoms with Gasteiger partial charge in [-0.15, -0.1) is 0 Å². The molecular formula is C11H23NO3S. The Bertz CT molecular complexity index is 305. The first-order valence-electron chi connectivity index (χ1n) is 5.90. The van der Waals surface area contributed by atoms with Crippen LogP contribution >= 0.6 is 0 Å². The van der Waals surface area contributed by atoms with Crippen LogP contribution in [-0.2, 0) is 14.6 Å². The van der Waals surface area contributed by atoms with E-state index in [1.165, 1.54) is 0 Å². The number of hydrogen-bond donors (Lipinski definition) is 1. The van der Waals surface area contributed by atoms with E-state index in [-0.39, 0.29) is 16.5 Å². The highest BCUT2D eigenvalue weighted by molar-refractivity contribution is 7.92. The van der Waals surface area contributed by atoms with Crippen LogP contribution in [0.3, 0.4) is 0 Å². The Kier molecular flexibility index (Phi) is 4.76. The summed E-state index contributed by atoms with van der Waals surface area (Å²) in [6, 6.07) is 0. The number of nitrogens with one attached hydrogen (secondary N) is 1. The fourth-order valence-corrected chi connectivity index (χ4v) is 2.66. The molecule has 1 rings (SSSR count). The van der Waals surface area contributed by atoms with Crippen molar-refractivity contribution in [3.05, 3.63) is 0 Å². The van der Waals surface area contributed by atoms with E-state index in [2.05, 4.69) is 12.2 Å². The van der Waals surface area contributed by atoms with Gasteiger partial charge in [0, 0.05) is 18.7 Å². The fourth-order valence-electron chi connectivity index (χ4n) is 1.80. The van der Waals surface area contributed by atoms with E-state index < -0.39 is 9.84 Å². The average Bonchev–Trinajstić information content (AvgIpc) is 2.17. The summed E-state index contributed by atoms with van der Waals surface area (Å²) in [6.07, 6.45) is 2.09. The lowest BCUT2D eigenvalue weighted by Crippen LogP contribution is -2.50. The Morgan fingerprint density at radius 1 is 1.44 bits per heavy atom. The Morgan fingerprint density at radius 2 is 2.12 bits per heavy atom. The summed E-state index contributed by atoms with van der Waals surface area (Å²) in [6.45, 7) is 7.55. The first kappa shape index (κ1) is 13.9. The van der Waals surface area contributed by atoms with Gasteiger partial charge < -0.3 is 10.1 Å². The molecule has 96 valence electrons. The van der Waals surface area contributed by atoms with Crippen LogP contribution in [-0.4, -0.2) is 44.7 Å². The van der Waals surface area contributed by atoms with Crippen molar-refractivity contribution in [2.75, 3.05) is 25.5 Å². The molecule has 16 heavy (non-hydrogen) atoms. The summed E-state index contributed by atoms with van der Waals surface area (Å²) in [5.74, 6) is 0.209. The average molecular weight is 249 g/mol. The molecule has 1 unspecified atom stereocenters. The summed E-state index contributed by atoms with van der Waals surface area (Å²) in [5, 5.41) is 3.02. The minimum Gasteiger partial charge on any atom is -0.380 e. The lowest BCUT2D eigenvalue weighted by molar-refractivity contribution is 0.0295. The minimum atomic E-state index is -2.93. The Labute approximate surface area is 98.7 Å². The predicted molar refractivity (Wildman–Crippen MR) is 65.4 cm³/mol. The molecule has 1 aliphatic heterocycles. The smallest absolute Gasteiger partial charge is 0.153 e. The molecule has 4 nitrogen and oxygen atoms in total. The van der Waals surface area contributed by atoms with Crippen LogP contribution < -0.4 is 5.32 Å². The number of rotatable bonds is 5. The second-order valence-corrected chi connectivity index (χ2v) is 7.74. The Balaban J connectivity index is 2.35. The lowest BCUT2D eigenvalue weighted by atomic mass is 9.95. The van der Waals surface area contributed by atoms with Crippen LogP contribution in [0, 0.1) is 0 Å². The lowest BCUT2D eigenvalue weighted by Gasteiger charge is -2.34. The highest BCUT2D eigenvalue weighted by Gasteiger charge is 2.27. The zero-order chi connectivity index (χ0) is 12.2. The van der Waals surface area contributed by atoms with Crippen LogP contribution in [0.1, 0.15) is 33.6 Å². The molecule has 0 saturated carbocycles. The standard InChI is InChI=1S/C11H23NO3S/c1-10(2)16(13,14)8-6-12-11(3)5-4-7-15-9-11/h10,12H,4-9H2,1-3H3. The van der Waals surface area contributed by atoms with Crippen molar-refractivity contribution in [3.8, 4) is 0 Å². The quantitative estimate of drug-likeness (QED) is 0.789. The van der Waals surface area contributed by atoms with E-state index in [1.807, 2.05) is 0 Å². The zero-order valence-electron chi connectivity index (χ0n) is 10.5. The van der Waals surface area contributed by atoms with Crippen LogP contribution in [0.4, 0.5) is 0 Å². The third kappa shape index (κ3) is 4.03. The van der Waals surface area contributed by atoms with Gasteiger partial charge in [0.2, 0.25) is 0 Å². The summed E-state index contributed by atoms with van der Waals surface area (Å²) < 4.78 is 28.6. The molecule has 5 heteroatoms. The fraction of sp³-hybridized carbons (Fsp3) is 1.00. The largest absolute Gasteiger partial charge is 0.380 e. The van der Waals surface area contributed by atoms with Gasteiger partial charge in [0.05, 0.1) is 17.6 Å². The van der Waals surface area contributed by atoms with E-state index >= 15 is 0 Å². The molecule has 0 aliphatic carbocycles. The third-order valence-electron chi connectivity index (χ3n) is 3.09. The Hall–Kier alpha value is -0.130. The molecular weight excluding hydrogens is 226 g/mol. The molecule has 0 spiro atoms. The summed E-state index contributed by atoms with van der Waals surface area (Å²) in [4.78, 5) is 0. The first-order chi connectivity index (χ1) is 7.36. The molecule has 0 radical (unpaired) electrons. The third-order valence-corrected chi connectivity index (χ3v) is 5.30. The van der Waals surface area contributed by atoms with Gasteiger partial charge in [-0.2, -0.15) is 0 Å². The molecule has 1 atom stereocenters. The number of sulfone groups is 1. The van der Waals surface area contributed by atoms with Gasteiger partial charge in [-0.05, 0) is 33.6 Å². The van der Waals surface area contributed by atoms with Gasteiger partial charge in [0.25, 0.3) is 0 Å². The number of ether oxygens (including phenoxy) is 1.